The van der Waals surface area contributed by atoms with Gasteiger partial charge in [-0.05, 0) is 26.7 Å². The number of nitrogens with two attached hydrogens (primary N) is 1. The number of hydrogen-bond donors (Lipinski definition) is 2. The average molecular weight is 336 g/mol. The number of carbonyl (C=O) groups is 3. The molecule has 2 atom stereocenters. The van der Waals surface area contributed by atoms with Gasteiger partial charge in [-0.1, -0.05) is 0 Å². The van der Waals surface area contributed by atoms with Crippen LogP contribution in [0.5, 0.6) is 0 Å². The lowest BCUT2D eigenvalue weighted by Crippen LogP contribution is -2.49. The predicted octanol–water partition coefficient (Wildman–Crippen LogP) is -0.212. The maximum atomic E-state index is 12.3. The molecular formula is C13H22ClN3O5. The highest BCUT2D eigenvalue weighted by Gasteiger charge is 2.43. The van der Waals surface area contributed by atoms with Crippen LogP contribution >= 0.6 is 12.4 Å². The zero-order chi connectivity index (χ0) is 15.6. The van der Waals surface area contributed by atoms with Crippen LogP contribution in [0, 0.1) is 0 Å². The predicted molar refractivity (Wildman–Crippen MR) is 79.5 cm³/mol. The van der Waals surface area contributed by atoms with E-state index < -0.39 is 29.8 Å². The van der Waals surface area contributed by atoms with Crippen molar-refractivity contribution in [3.05, 3.63) is 0 Å². The molecule has 0 unspecified atom stereocenters. The van der Waals surface area contributed by atoms with E-state index in [1.807, 2.05) is 0 Å². The van der Waals surface area contributed by atoms with Crippen LogP contribution < -0.4 is 11.1 Å². The monoisotopic (exact) mass is 335 g/mol. The van der Waals surface area contributed by atoms with E-state index in [4.69, 9.17) is 15.2 Å². The van der Waals surface area contributed by atoms with Crippen molar-refractivity contribution in [2.75, 3.05) is 19.6 Å². The number of ether oxygens (including phenoxy) is 2. The van der Waals surface area contributed by atoms with E-state index >= 15 is 0 Å². The smallest absolute Gasteiger partial charge is 0.407 e. The van der Waals surface area contributed by atoms with E-state index in [1.165, 1.54) is 4.90 Å². The minimum Gasteiger partial charge on any atom is -0.454 e. The maximum Gasteiger partial charge on any atom is 0.407 e. The Morgan fingerprint density at radius 3 is 2.73 bits per heavy atom. The average Bonchev–Trinajstić information content (AvgIpc) is 3.05. The Morgan fingerprint density at radius 2 is 2.18 bits per heavy atom. The minimum atomic E-state index is -0.962. The number of nitrogens with one attached hydrogen (secondary N) is 1. The summed E-state index contributed by atoms with van der Waals surface area (Å²) < 4.78 is 10.5. The number of halogens is 1. The first-order valence-electron chi connectivity index (χ1n) is 7.02. The van der Waals surface area contributed by atoms with Crippen molar-refractivity contribution < 1.29 is 23.9 Å². The minimum absolute atomic E-state index is 0. The number of amides is 2. The fourth-order valence-corrected chi connectivity index (χ4v) is 2.60. The number of hydrogen-bond acceptors (Lipinski definition) is 6. The number of alkyl carbamates (subject to hydrolysis) is 1. The molecule has 0 aromatic rings. The number of rotatable bonds is 4. The molecule has 2 fully saturated rings. The van der Waals surface area contributed by atoms with Crippen LogP contribution in [0.15, 0.2) is 0 Å². The molecule has 0 spiro atoms. The Kier molecular flexibility index (Phi) is 6.01. The summed E-state index contributed by atoms with van der Waals surface area (Å²) in [6.07, 6.45) is 0.230. The van der Waals surface area contributed by atoms with Crippen LogP contribution in [0.4, 0.5) is 4.79 Å². The van der Waals surface area contributed by atoms with E-state index in [0.29, 0.717) is 13.0 Å². The molecule has 2 rings (SSSR count). The molecule has 0 aromatic carbocycles. The van der Waals surface area contributed by atoms with Gasteiger partial charge in [-0.25, -0.2) is 9.59 Å². The SMILES string of the molecule is CC(C)(OC(=O)[C@@H]1CCCN1C(=O)CN)[C@@H]1CNC(=O)O1.Cl. The third-order valence-electron chi connectivity index (χ3n) is 3.84. The zero-order valence-corrected chi connectivity index (χ0v) is 13.5. The number of esters is 1. The van der Waals surface area contributed by atoms with Crippen LogP contribution in [0.25, 0.3) is 0 Å². The molecule has 2 aliphatic rings. The third-order valence-corrected chi connectivity index (χ3v) is 3.84. The number of likely N-dealkylation sites (tertiary alicyclic amines) is 1. The highest BCUT2D eigenvalue weighted by atomic mass is 35.5. The second-order valence-corrected chi connectivity index (χ2v) is 5.75. The lowest BCUT2D eigenvalue weighted by Gasteiger charge is -2.32. The lowest BCUT2D eigenvalue weighted by molar-refractivity contribution is -0.172. The fourth-order valence-electron chi connectivity index (χ4n) is 2.60. The number of carbonyl (C=O) groups excluding carboxylic acids is 3. The Bertz CT molecular complexity index is 457. The van der Waals surface area contributed by atoms with Gasteiger partial charge in [-0.3, -0.25) is 4.79 Å². The Balaban J connectivity index is 0.00000242. The van der Waals surface area contributed by atoms with Crippen molar-refractivity contribution >= 4 is 30.4 Å². The third kappa shape index (κ3) is 3.80. The van der Waals surface area contributed by atoms with E-state index in [-0.39, 0.29) is 31.4 Å². The van der Waals surface area contributed by atoms with Gasteiger partial charge >= 0.3 is 12.1 Å². The molecule has 0 aliphatic carbocycles. The Labute approximate surface area is 135 Å². The molecule has 2 heterocycles. The topological polar surface area (TPSA) is 111 Å². The number of nitrogens with zero attached hydrogens (tertiary/aromatic N) is 1. The van der Waals surface area contributed by atoms with Crippen LogP contribution in [-0.4, -0.2) is 60.3 Å². The van der Waals surface area contributed by atoms with Gasteiger partial charge in [0.1, 0.15) is 11.6 Å². The summed E-state index contributed by atoms with van der Waals surface area (Å²) in [5.41, 5.74) is 4.39. The summed E-state index contributed by atoms with van der Waals surface area (Å²) in [7, 11) is 0. The molecule has 0 saturated carbocycles. The van der Waals surface area contributed by atoms with Gasteiger partial charge in [-0.2, -0.15) is 0 Å². The van der Waals surface area contributed by atoms with Crippen LogP contribution in [0.2, 0.25) is 0 Å². The molecule has 8 nitrogen and oxygen atoms in total. The second kappa shape index (κ2) is 7.15. The van der Waals surface area contributed by atoms with Gasteiger partial charge in [0.05, 0.1) is 13.1 Å². The van der Waals surface area contributed by atoms with E-state index in [0.717, 1.165) is 6.42 Å². The van der Waals surface area contributed by atoms with Crippen molar-refractivity contribution in [3.8, 4) is 0 Å². The van der Waals surface area contributed by atoms with Crippen molar-refractivity contribution in [2.45, 2.75) is 44.4 Å². The summed E-state index contributed by atoms with van der Waals surface area (Å²) in [6.45, 7) is 4.03. The van der Waals surface area contributed by atoms with Crippen LogP contribution in [-0.2, 0) is 19.1 Å². The summed E-state index contributed by atoms with van der Waals surface area (Å²) >= 11 is 0. The van der Waals surface area contributed by atoms with Crippen molar-refractivity contribution in [3.63, 3.8) is 0 Å². The molecule has 0 bridgehead atoms. The van der Waals surface area contributed by atoms with Gasteiger partial charge in [-0.15, -0.1) is 12.4 Å². The Hall–Kier alpha value is -1.54. The molecule has 126 valence electrons. The molecule has 22 heavy (non-hydrogen) atoms. The van der Waals surface area contributed by atoms with Crippen molar-refractivity contribution in [1.82, 2.24) is 10.2 Å². The quantitative estimate of drug-likeness (QED) is 0.688. The van der Waals surface area contributed by atoms with Gasteiger partial charge in [0.2, 0.25) is 5.91 Å². The molecule has 2 aliphatic heterocycles. The molecule has 2 amide bonds. The summed E-state index contributed by atoms with van der Waals surface area (Å²) in [5, 5.41) is 2.52. The fraction of sp³-hybridized carbons (Fsp3) is 0.769. The summed E-state index contributed by atoms with van der Waals surface area (Å²) in [4.78, 5) is 36.6. The number of cyclic esters (lactones) is 1. The molecule has 2 saturated heterocycles. The van der Waals surface area contributed by atoms with E-state index in [2.05, 4.69) is 5.32 Å². The first-order chi connectivity index (χ1) is 9.85. The molecule has 0 radical (unpaired) electrons. The standard InChI is InChI=1S/C13H21N3O5.ClH/c1-13(2,9-7-15-12(19)20-9)21-11(18)8-4-3-5-16(8)10(17)6-14;/h8-9H,3-7,14H2,1-2H3,(H,15,19);1H/t8-,9-;/m0./s1. The molecular weight excluding hydrogens is 314 g/mol. The molecule has 9 heteroatoms. The summed E-state index contributed by atoms with van der Waals surface area (Å²) in [5.74, 6) is -0.747. The second-order valence-electron chi connectivity index (χ2n) is 5.75. The molecule has 0 aromatic heterocycles. The first kappa shape index (κ1) is 18.5. The van der Waals surface area contributed by atoms with Crippen molar-refractivity contribution in [2.24, 2.45) is 5.73 Å². The maximum absolute atomic E-state index is 12.3. The van der Waals surface area contributed by atoms with Crippen LogP contribution in [0.3, 0.4) is 0 Å². The first-order valence-corrected chi connectivity index (χ1v) is 7.02. The van der Waals surface area contributed by atoms with E-state index in [9.17, 15) is 14.4 Å². The van der Waals surface area contributed by atoms with Gasteiger partial charge < -0.3 is 25.4 Å². The van der Waals surface area contributed by atoms with Gasteiger partial charge in [0.15, 0.2) is 6.10 Å². The Morgan fingerprint density at radius 1 is 1.50 bits per heavy atom. The van der Waals surface area contributed by atoms with Crippen molar-refractivity contribution in [1.29, 1.82) is 0 Å². The summed E-state index contributed by atoms with van der Waals surface area (Å²) in [6, 6.07) is -0.606. The highest BCUT2D eigenvalue weighted by Crippen LogP contribution is 2.25. The van der Waals surface area contributed by atoms with Crippen LogP contribution in [0.1, 0.15) is 26.7 Å². The van der Waals surface area contributed by atoms with Gasteiger partial charge in [0, 0.05) is 6.54 Å². The largest absolute Gasteiger partial charge is 0.454 e. The van der Waals surface area contributed by atoms with Gasteiger partial charge in [0.25, 0.3) is 0 Å². The molecule has 3 N–H and O–H groups in total. The highest BCUT2D eigenvalue weighted by molar-refractivity contribution is 5.86. The zero-order valence-electron chi connectivity index (χ0n) is 12.7. The van der Waals surface area contributed by atoms with E-state index in [1.54, 1.807) is 13.8 Å². The normalized spacial score (nSPS) is 24.3. The lowest BCUT2D eigenvalue weighted by atomic mass is 10.0.